The van der Waals surface area contributed by atoms with Crippen LogP contribution in [0.2, 0.25) is 0 Å². The number of hydrogen-bond donors (Lipinski definition) is 1. The summed E-state index contributed by atoms with van der Waals surface area (Å²) in [5.41, 5.74) is 1.14. The molecular formula is C25H21F2IN2O4. The second-order valence-corrected chi connectivity index (χ2v) is 8.63. The van der Waals surface area contributed by atoms with Gasteiger partial charge in [0.25, 0.3) is 5.91 Å². The maximum Gasteiger partial charge on any atom is 0.255 e. The number of ketones is 1. The first kappa shape index (κ1) is 25.3. The Kier molecular flexibility index (Phi) is 8.69. The lowest BCUT2D eigenvalue weighted by Gasteiger charge is -2.18. The minimum atomic E-state index is -0.736. The van der Waals surface area contributed by atoms with E-state index in [1.165, 1.54) is 42.3 Å². The highest BCUT2D eigenvalue weighted by atomic mass is 127. The van der Waals surface area contributed by atoms with Crippen molar-refractivity contribution in [3.05, 3.63) is 93.1 Å². The van der Waals surface area contributed by atoms with E-state index in [2.05, 4.69) is 27.9 Å². The highest BCUT2D eigenvalue weighted by Crippen LogP contribution is 2.20. The molecule has 0 unspecified atom stereocenters. The summed E-state index contributed by atoms with van der Waals surface area (Å²) in [4.78, 5) is 38.6. The lowest BCUT2D eigenvalue weighted by molar-refractivity contribution is -0.120. The molecule has 0 heterocycles. The van der Waals surface area contributed by atoms with Gasteiger partial charge in [-0.25, -0.2) is 8.78 Å². The Hall–Kier alpha value is -3.34. The van der Waals surface area contributed by atoms with E-state index in [0.717, 1.165) is 21.3 Å². The Labute approximate surface area is 209 Å². The van der Waals surface area contributed by atoms with E-state index in [-0.39, 0.29) is 36.7 Å². The van der Waals surface area contributed by atoms with Crippen LogP contribution in [-0.4, -0.2) is 37.8 Å². The summed E-state index contributed by atoms with van der Waals surface area (Å²) >= 11 is 2.17. The number of amides is 2. The van der Waals surface area contributed by atoms with Gasteiger partial charge in [-0.15, -0.1) is 0 Å². The molecule has 1 N–H and O–H groups in total. The minimum absolute atomic E-state index is 0.0224. The highest BCUT2D eigenvalue weighted by molar-refractivity contribution is 14.1. The third-order valence-corrected chi connectivity index (χ3v) is 5.60. The van der Waals surface area contributed by atoms with Crippen LogP contribution < -0.4 is 15.0 Å². The molecule has 2 amide bonds. The number of halogens is 3. The number of likely N-dealkylation sites (N-methyl/N-ethyl adjacent to an activating group) is 1. The van der Waals surface area contributed by atoms with Crippen LogP contribution in [0.5, 0.6) is 5.75 Å². The van der Waals surface area contributed by atoms with Gasteiger partial charge in [0.05, 0.1) is 12.1 Å². The molecule has 0 fully saturated rings. The molecule has 0 saturated heterocycles. The number of Topliss-reactive ketones (excluding diaryl/α,β-unsaturated/α-hetero) is 1. The topological polar surface area (TPSA) is 75.7 Å². The number of anilines is 1. The van der Waals surface area contributed by atoms with Gasteiger partial charge < -0.3 is 15.0 Å². The fourth-order valence-corrected chi connectivity index (χ4v) is 3.38. The number of carbonyl (C=O) groups is 3. The fourth-order valence-electron chi connectivity index (χ4n) is 3.02. The van der Waals surface area contributed by atoms with Crippen molar-refractivity contribution in [3.8, 4) is 5.75 Å². The second kappa shape index (κ2) is 11.7. The molecule has 0 radical (unpaired) electrons. The molecule has 0 spiro atoms. The summed E-state index contributed by atoms with van der Waals surface area (Å²) in [6.07, 6.45) is 0.157. The van der Waals surface area contributed by atoms with Crippen LogP contribution in [0, 0.1) is 15.2 Å². The van der Waals surface area contributed by atoms with Crippen LogP contribution >= 0.6 is 22.6 Å². The predicted molar refractivity (Wildman–Crippen MR) is 132 cm³/mol. The molecular weight excluding hydrogens is 557 g/mol. The van der Waals surface area contributed by atoms with Gasteiger partial charge in [0, 0.05) is 22.7 Å². The largest absolute Gasteiger partial charge is 0.485 e. The molecule has 0 bridgehead atoms. The van der Waals surface area contributed by atoms with E-state index in [4.69, 9.17) is 4.74 Å². The third kappa shape index (κ3) is 7.08. The number of benzene rings is 3. The molecule has 0 atom stereocenters. The maximum atomic E-state index is 13.8. The lowest BCUT2D eigenvalue weighted by atomic mass is 10.1. The smallest absolute Gasteiger partial charge is 0.255 e. The average molecular weight is 578 g/mol. The SMILES string of the molecule is CN(C(=O)CNC(=O)c1cc(F)ccc1OCC(=O)Cc1ccc(I)cc1)c1ccc(F)cc1. The lowest BCUT2D eigenvalue weighted by Crippen LogP contribution is -2.38. The number of rotatable bonds is 9. The molecule has 3 aromatic carbocycles. The molecule has 3 rings (SSSR count). The van der Waals surface area contributed by atoms with Gasteiger partial charge in [-0.05, 0) is 82.8 Å². The van der Waals surface area contributed by atoms with Gasteiger partial charge in [0.2, 0.25) is 5.91 Å². The summed E-state index contributed by atoms with van der Waals surface area (Å²) in [6.45, 7) is -0.682. The van der Waals surface area contributed by atoms with Crippen molar-refractivity contribution in [3.63, 3.8) is 0 Å². The van der Waals surface area contributed by atoms with Gasteiger partial charge in [-0.3, -0.25) is 14.4 Å². The van der Waals surface area contributed by atoms with Crippen molar-refractivity contribution in [2.75, 3.05) is 25.1 Å². The summed E-state index contributed by atoms with van der Waals surface area (Å²) < 4.78 is 33.4. The van der Waals surface area contributed by atoms with Crippen LogP contribution in [-0.2, 0) is 16.0 Å². The average Bonchev–Trinajstić information content (AvgIpc) is 2.83. The molecule has 0 saturated carbocycles. The van der Waals surface area contributed by atoms with E-state index in [1.54, 1.807) is 0 Å². The first-order valence-corrected chi connectivity index (χ1v) is 11.3. The number of hydrogen-bond acceptors (Lipinski definition) is 4. The van der Waals surface area contributed by atoms with Crippen LogP contribution in [0.3, 0.4) is 0 Å². The van der Waals surface area contributed by atoms with Crippen molar-refractivity contribution in [1.82, 2.24) is 5.32 Å². The molecule has 3 aromatic rings. The summed E-state index contributed by atoms with van der Waals surface area (Å²) in [5, 5.41) is 2.42. The van der Waals surface area contributed by atoms with E-state index in [9.17, 15) is 23.2 Å². The quantitative estimate of drug-likeness (QED) is 0.388. The van der Waals surface area contributed by atoms with Gasteiger partial charge in [0.1, 0.15) is 24.0 Å². The van der Waals surface area contributed by atoms with Crippen molar-refractivity contribution in [2.24, 2.45) is 0 Å². The van der Waals surface area contributed by atoms with Gasteiger partial charge in [-0.2, -0.15) is 0 Å². The van der Waals surface area contributed by atoms with Crippen LogP contribution in [0.4, 0.5) is 14.5 Å². The van der Waals surface area contributed by atoms with E-state index in [0.29, 0.717) is 5.69 Å². The van der Waals surface area contributed by atoms with Crippen molar-refractivity contribution in [2.45, 2.75) is 6.42 Å². The number of nitrogens with zero attached hydrogens (tertiary/aromatic N) is 1. The summed E-state index contributed by atoms with van der Waals surface area (Å²) in [5.74, 6) is -2.50. The van der Waals surface area contributed by atoms with E-state index in [1.807, 2.05) is 24.3 Å². The monoisotopic (exact) mass is 578 g/mol. The fraction of sp³-hybridized carbons (Fsp3) is 0.160. The maximum absolute atomic E-state index is 13.8. The zero-order valence-electron chi connectivity index (χ0n) is 18.2. The Morgan fingerprint density at radius 2 is 1.59 bits per heavy atom. The van der Waals surface area contributed by atoms with Gasteiger partial charge in [0.15, 0.2) is 5.78 Å². The molecule has 34 heavy (non-hydrogen) atoms. The van der Waals surface area contributed by atoms with Crippen molar-refractivity contribution >= 4 is 45.9 Å². The predicted octanol–water partition coefficient (Wildman–Crippen LogP) is 4.15. The summed E-state index contributed by atoms with van der Waals surface area (Å²) in [7, 11) is 1.48. The van der Waals surface area contributed by atoms with Crippen LogP contribution in [0.25, 0.3) is 0 Å². The molecule has 0 aromatic heterocycles. The normalized spacial score (nSPS) is 10.5. The summed E-state index contributed by atoms with van der Waals surface area (Å²) in [6, 6.07) is 16.1. The first-order valence-electron chi connectivity index (χ1n) is 10.2. The Bertz CT molecular complexity index is 1180. The molecule has 0 aliphatic carbocycles. The van der Waals surface area contributed by atoms with Crippen LogP contribution in [0.15, 0.2) is 66.7 Å². The standard InChI is InChI=1S/C25H21F2IN2O4/c1-30(20-9-4-17(26)5-10-20)24(32)14-29-25(33)22-13-18(27)6-11-23(22)34-15-21(31)12-16-2-7-19(28)8-3-16/h2-11,13H,12,14-15H2,1H3,(H,29,33). The Morgan fingerprint density at radius 1 is 0.941 bits per heavy atom. The van der Waals surface area contributed by atoms with Crippen molar-refractivity contribution in [1.29, 1.82) is 0 Å². The van der Waals surface area contributed by atoms with Gasteiger partial charge in [-0.1, -0.05) is 12.1 Å². The molecule has 176 valence electrons. The first-order chi connectivity index (χ1) is 16.2. The molecule has 9 heteroatoms. The zero-order chi connectivity index (χ0) is 24.7. The zero-order valence-corrected chi connectivity index (χ0v) is 20.3. The number of carbonyl (C=O) groups excluding carboxylic acids is 3. The number of nitrogens with one attached hydrogen (secondary N) is 1. The van der Waals surface area contributed by atoms with E-state index < -0.39 is 23.4 Å². The molecule has 6 nitrogen and oxygen atoms in total. The van der Waals surface area contributed by atoms with Crippen molar-refractivity contribution < 1.29 is 27.9 Å². The van der Waals surface area contributed by atoms with Crippen LogP contribution in [0.1, 0.15) is 15.9 Å². The van der Waals surface area contributed by atoms with Gasteiger partial charge >= 0.3 is 0 Å². The Morgan fingerprint density at radius 3 is 2.26 bits per heavy atom. The molecule has 0 aliphatic heterocycles. The van der Waals surface area contributed by atoms with E-state index >= 15 is 0 Å². The minimum Gasteiger partial charge on any atom is -0.485 e. The molecule has 0 aliphatic rings. The third-order valence-electron chi connectivity index (χ3n) is 4.88. The highest BCUT2D eigenvalue weighted by Gasteiger charge is 2.18. The Balaban J connectivity index is 1.60. The number of ether oxygens (including phenoxy) is 1. The second-order valence-electron chi connectivity index (χ2n) is 7.38.